The largest absolute Gasteiger partial charge is 0.416 e. The van der Waals surface area contributed by atoms with E-state index in [1.54, 1.807) is 6.07 Å². The maximum absolute atomic E-state index is 13.5. The van der Waals surface area contributed by atoms with Gasteiger partial charge in [0.2, 0.25) is 0 Å². The molecule has 2 saturated heterocycles. The molecule has 0 aliphatic carbocycles. The van der Waals surface area contributed by atoms with E-state index in [1.165, 1.54) is 18.0 Å². The van der Waals surface area contributed by atoms with Crippen LogP contribution >= 0.6 is 0 Å². The van der Waals surface area contributed by atoms with Gasteiger partial charge < -0.3 is 9.64 Å². The highest BCUT2D eigenvalue weighted by Gasteiger charge is 2.47. The minimum atomic E-state index is -4.45. The molecule has 0 aromatic heterocycles. The third-order valence-electron chi connectivity index (χ3n) is 5.44. The third-order valence-corrected chi connectivity index (χ3v) is 5.44. The maximum atomic E-state index is 13.5. The van der Waals surface area contributed by atoms with Crippen molar-refractivity contribution in [3.05, 3.63) is 34.4 Å². The molecule has 0 N–H and O–H groups in total. The zero-order valence-electron chi connectivity index (χ0n) is 13.4. The van der Waals surface area contributed by atoms with E-state index in [1.807, 2.05) is 0 Å². The number of hydrogen-bond donors (Lipinski definition) is 0. The number of fused-ring (bicyclic) bond motifs is 1. The molecule has 3 aliphatic heterocycles. The van der Waals surface area contributed by atoms with E-state index in [-0.39, 0.29) is 29.1 Å². The summed E-state index contributed by atoms with van der Waals surface area (Å²) in [4.78, 5) is 15.7. The minimum Gasteiger partial charge on any atom is -0.377 e. The normalized spacial score (nSPS) is 23.0. The fraction of sp³-hybridized carbons (Fsp3) is 0.588. The fourth-order valence-corrected chi connectivity index (χ4v) is 4.08. The summed E-state index contributed by atoms with van der Waals surface area (Å²) < 4.78 is 45.7. The number of likely N-dealkylation sites (tertiary alicyclic amines) is 1. The van der Waals surface area contributed by atoms with Crippen LogP contribution in [0.15, 0.2) is 12.1 Å². The monoisotopic (exact) mass is 340 g/mol. The van der Waals surface area contributed by atoms with Gasteiger partial charge in [0, 0.05) is 25.7 Å². The Morgan fingerprint density at radius 1 is 1.29 bits per heavy atom. The van der Waals surface area contributed by atoms with Gasteiger partial charge in [0.1, 0.15) is 0 Å². The van der Waals surface area contributed by atoms with E-state index in [2.05, 4.69) is 4.90 Å². The molecule has 3 aliphatic rings. The van der Waals surface area contributed by atoms with Crippen LogP contribution in [0.3, 0.4) is 0 Å². The first-order valence-corrected chi connectivity index (χ1v) is 8.11. The van der Waals surface area contributed by atoms with Gasteiger partial charge in [0.05, 0.1) is 24.3 Å². The van der Waals surface area contributed by atoms with Gasteiger partial charge >= 0.3 is 6.18 Å². The Labute approximate surface area is 138 Å². The zero-order chi connectivity index (χ0) is 17.1. The van der Waals surface area contributed by atoms with Crippen molar-refractivity contribution >= 4 is 5.91 Å². The summed E-state index contributed by atoms with van der Waals surface area (Å²) in [6, 6.07) is 2.86. The number of rotatable bonds is 2. The molecule has 0 bridgehead atoms. The van der Waals surface area contributed by atoms with E-state index < -0.39 is 11.7 Å². The number of carbonyl (C=O) groups is 1. The van der Waals surface area contributed by atoms with Crippen LogP contribution in [0.2, 0.25) is 0 Å². The SMILES string of the molecule is CN1Cc2c(cc(CN3CCCC34COC4)cc2C(F)(F)F)C1=O. The van der Waals surface area contributed by atoms with Crippen LogP contribution in [0.1, 0.15) is 39.9 Å². The number of amides is 1. The van der Waals surface area contributed by atoms with E-state index >= 15 is 0 Å². The van der Waals surface area contributed by atoms with Gasteiger partial charge in [-0.3, -0.25) is 9.69 Å². The summed E-state index contributed by atoms with van der Waals surface area (Å²) in [7, 11) is 1.53. The van der Waals surface area contributed by atoms with E-state index in [9.17, 15) is 18.0 Å². The topological polar surface area (TPSA) is 32.8 Å². The van der Waals surface area contributed by atoms with E-state index in [4.69, 9.17) is 4.74 Å². The number of benzene rings is 1. The lowest BCUT2D eigenvalue weighted by atomic mass is 9.93. The Bertz CT molecular complexity index is 698. The molecule has 7 heteroatoms. The summed E-state index contributed by atoms with van der Waals surface area (Å²) in [6.07, 6.45) is -2.40. The van der Waals surface area contributed by atoms with Crippen molar-refractivity contribution in [3.63, 3.8) is 0 Å². The Morgan fingerprint density at radius 3 is 2.67 bits per heavy atom. The Hall–Kier alpha value is -1.60. The summed E-state index contributed by atoms with van der Waals surface area (Å²) in [5.74, 6) is -0.333. The van der Waals surface area contributed by atoms with Crippen molar-refractivity contribution in [3.8, 4) is 0 Å². The summed E-state index contributed by atoms with van der Waals surface area (Å²) in [5.41, 5.74) is 0.157. The molecule has 2 fully saturated rings. The second-order valence-corrected chi connectivity index (χ2v) is 7.07. The molecule has 1 aromatic rings. The summed E-state index contributed by atoms with van der Waals surface area (Å²) >= 11 is 0. The molecule has 4 nitrogen and oxygen atoms in total. The van der Waals surface area contributed by atoms with Crippen molar-refractivity contribution in [1.82, 2.24) is 9.80 Å². The lowest BCUT2D eigenvalue weighted by Gasteiger charge is -2.45. The van der Waals surface area contributed by atoms with E-state index in [0.717, 1.165) is 19.4 Å². The molecule has 24 heavy (non-hydrogen) atoms. The molecule has 0 radical (unpaired) electrons. The third kappa shape index (κ3) is 2.33. The molecule has 0 atom stereocenters. The Morgan fingerprint density at radius 2 is 2.04 bits per heavy atom. The molecule has 1 spiro atoms. The van der Waals surface area contributed by atoms with Gasteiger partial charge in [-0.05, 0) is 42.6 Å². The number of hydrogen-bond acceptors (Lipinski definition) is 3. The Kier molecular flexibility index (Phi) is 3.44. The lowest BCUT2D eigenvalue weighted by Crippen LogP contribution is -2.58. The number of alkyl halides is 3. The van der Waals surface area contributed by atoms with Crippen molar-refractivity contribution in [2.24, 2.45) is 0 Å². The van der Waals surface area contributed by atoms with Crippen LogP contribution < -0.4 is 0 Å². The Balaban J connectivity index is 1.71. The predicted octanol–water partition coefficient (Wildman–Crippen LogP) is 2.66. The molecule has 1 aromatic carbocycles. The highest BCUT2D eigenvalue weighted by Crippen LogP contribution is 2.40. The molecule has 0 unspecified atom stereocenters. The molecule has 0 saturated carbocycles. The van der Waals surface area contributed by atoms with Crippen LogP contribution in [-0.2, 0) is 24.0 Å². The standard InChI is InChI=1S/C17H19F3N2O2/c1-21-8-13-12(15(21)23)5-11(6-14(13)17(18,19)20)7-22-4-2-3-16(22)9-24-10-16/h5-6H,2-4,7-10H2,1H3. The van der Waals surface area contributed by atoms with Crippen LogP contribution in [-0.4, -0.2) is 48.1 Å². The maximum Gasteiger partial charge on any atom is 0.416 e. The van der Waals surface area contributed by atoms with Gasteiger partial charge in [0.25, 0.3) is 5.91 Å². The lowest BCUT2D eigenvalue weighted by molar-refractivity contribution is -0.138. The van der Waals surface area contributed by atoms with Crippen molar-refractivity contribution in [1.29, 1.82) is 0 Å². The second kappa shape index (κ2) is 5.20. The number of carbonyl (C=O) groups excluding carboxylic acids is 1. The van der Waals surface area contributed by atoms with Gasteiger partial charge in [0.15, 0.2) is 0 Å². The quantitative estimate of drug-likeness (QED) is 0.830. The molecule has 4 rings (SSSR count). The highest BCUT2D eigenvalue weighted by molar-refractivity contribution is 5.98. The number of halogens is 3. The van der Waals surface area contributed by atoms with Crippen LogP contribution in [0.4, 0.5) is 13.2 Å². The molecule has 1 amide bonds. The highest BCUT2D eigenvalue weighted by atomic mass is 19.4. The van der Waals surface area contributed by atoms with Crippen molar-refractivity contribution in [2.45, 2.75) is 37.6 Å². The first-order valence-electron chi connectivity index (χ1n) is 8.11. The molecule has 130 valence electrons. The van der Waals surface area contributed by atoms with Gasteiger partial charge in [-0.2, -0.15) is 13.2 Å². The summed E-state index contributed by atoms with van der Waals surface area (Å²) in [6.45, 7) is 2.59. The number of nitrogens with zero attached hydrogens (tertiary/aromatic N) is 2. The molecular formula is C17H19F3N2O2. The van der Waals surface area contributed by atoms with Gasteiger partial charge in [-0.1, -0.05) is 0 Å². The molecular weight excluding hydrogens is 321 g/mol. The van der Waals surface area contributed by atoms with Crippen LogP contribution in [0.25, 0.3) is 0 Å². The smallest absolute Gasteiger partial charge is 0.377 e. The predicted molar refractivity (Wildman–Crippen MR) is 80.4 cm³/mol. The van der Waals surface area contributed by atoms with Gasteiger partial charge in [-0.25, -0.2) is 0 Å². The van der Waals surface area contributed by atoms with E-state index in [0.29, 0.717) is 25.3 Å². The number of ether oxygens (including phenoxy) is 1. The van der Waals surface area contributed by atoms with Crippen molar-refractivity contribution < 1.29 is 22.7 Å². The molecule has 3 heterocycles. The van der Waals surface area contributed by atoms with Crippen molar-refractivity contribution in [2.75, 3.05) is 26.8 Å². The summed E-state index contributed by atoms with van der Waals surface area (Å²) in [5, 5.41) is 0. The van der Waals surface area contributed by atoms with Crippen LogP contribution in [0, 0.1) is 0 Å². The first kappa shape index (κ1) is 15.9. The second-order valence-electron chi connectivity index (χ2n) is 7.07. The minimum absolute atomic E-state index is 0.0157. The zero-order valence-corrected chi connectivity index (χ0v) is 13.4. The van der Waals surface area contributed by atoms with Gasteiger partial charge in [-0.15, -0.1) is 0 Å². The average Bonchev–Trinajstić information content (AvgIpc) is 3.00. The fourth-order valence-electron chi connectivity index (χ4n) is 4.08. The average molecular weight is 340 g/mol. The van der Waals surface area contributed by atoms with Crippen LogP contribution in [0.5, 0.6) is 0 Å². The first-order chi connectivity index (χ1) is 11.3.